The van der Waals surface area contributed by atoms with Gasteiger partial charge in [0.1, 0.15) is 5.82 Å². The van der Waals surface area contributed by atoms with E-state index in [0.717, 1.165) is 0 Å². The summed E-state index contributed by atoms with van der Waals surface area (Å²) in [6, 6.07) is 7.80. The maximum Gasteiger partial charge on any atom is 0.248 e. The lowest BCUT2D eigenvalue weighted by atomic mass is 10.4. The first-order chi connectivity index (χ1) is 9.47. The molecule has 1 aromatic heterocycles. The van der Waals surface area contributed by atoms with Gasteiger partial charge in [-0.1, -0.05) is 18.2 Å². The molecular weight excluding hydrogens is 282 g/mol. The van der Waals surface area contributed by atoms with Crippen LogP contribution < -0.4 is 10.0 Å². The molecule has 2 aromatic rings. The van der Waals surface area contributed by atoms with Crippen molar-refractivity contribution in [2.24, 2.45) is 0 Å². The SMILES string of the molecule is Cc1nc(NC(=O)CNS(=O)(=O)c2ccccc2)n[nH]1. The summed E-state index contributed by atoms with van der Waals surface area (Å²) < 4.78 is 25.9. The molecule has 0 atom stereocenters. The van der Waals surface area contributed by atoms with Gasteiger partial charge in [0.25, 0.3) is 0 Å². The molecule has 3 N–H and O–H groups in total. The first-order valence-corrected chi connectivity index (χ1v) is 7.19. The average molecular weight is 295 g/mol. The summed E-state index contributed by atoms with van der Waals surface area (Å²) in [7, 11) is -3.70. The third-order valence-electron chi connectivity index (χ3n) is 2.32. The van der Waals surface area contributed by atoms with Crippen molar-refractivity contribution in [3.8, 4) is 0 Å². The fourth-order valence-electron chi connectivity index (χ4n) is 1.41. The molecule has 1 aromatic carbocycles. The molecule has 0 spiro atoms. The van der Waals surface area contributed by atoms with Crippen molar-refractivity contribution in [3.63, 3.8) is 0 Å². The van der Waals surface area contributed by atoms with Crippen LogP contribution in [0.1, 0.15) is 5.82 Å². The zero-order valence-electron chi connectivity index (χ0n) is 10.6. The number of carbonyl (C=O) groups excluding carboxylic acids is 1. The third kappa shape index (κ3) is 3.62. The van der Waals surface area contributed by atoms with Crippen LogP contribution in [-0.4, -0.2) is 36.1 Å². The quantitative estimate of drug-likeness (QED) is 0.719. The number of nitrogens with one attached hydrogen (secondary N) is 3. The van der Waals surface area contributed by atoms with E-state index >= 15 is 0 Å². The molecule has 0 aliphatic rings. The number of anilines is 1. The summed E-state index contributed by atoms with van der Waals surface area (Å²) >= 11 is 0. The predicted molar refractivity (Wildman–Crippen MR) is 71.4 cm³/mol. The largest absolute Gasteiger partial charge is 0.292 e. The molecule has 2 rings (SSSR count). The maximum atomic E-state index is 11.9. The van der Waals surface area contributed by atoms with E-state index in [1.54, 1.807) is 25.1 Å². The van der Waals surface area contributed by atoms with Gasteiger partial charge in [0.15, 0.2) is 0 Å². The monoisotopic (exact) mass is 295 g/mol. The molecule has 0 aliphatic heterocycles. The first-order valence-electron chi connectivity index (χ1n) is 5.71. The molecule has 0 radical (unpaired) electrons. The Morgan fingerprint density at radius 3 is 2.60 bits per heavy atom. The van der Waals surface area contributed by atoms with Crippen LogP contribution in [-0.2, 0) is 14.8 Å². The van der Waals surface area contributed by atoms with Gasteiger partial charge in [-0.3, -0.25) is 15.2 Å². The van der Waals surface area contributed by atoms with Crippen molar-refractivity contribution in [2.45, 2.75) is 11.8 Å². The van der Waals surface area contributed by atoms with Gasteiger partial charge in [-0.25, -0.2) is 13.1 Å². The fourth-order valence-corrected chi connectivity index (χ4v) is 2.41. The predicted octanol–water partition coefficient (Wildman–Crippen LogP) is 0.0301. The van der Waals surface area contributed by atoms with Crippen molar-refractivity contribution in [1.29, 1.82) is 0 Å². The maximum absolute atomic E-state index is 11.9. The topological polar surface area (TPSA) is 117 Å². The molecular formula is C11H13N5O3S. The molecule has 1 amide bonds. The van der Waals surface area contributed by atoms with Crippen LogP contribution in [0.15, 0.2) is 35.2 Å². The van der Waals surface area contributed by atoms with Crippen LogP contribution in [0.5, 0.6) is 0 Å². The Morgan fingerprint density at radius 1 is 1.30 bits per heavy atom. The van der Waals surface area contributed by atoms with Crippen LogP contribution in [0, 0.1) is 6.92 Å². The molecule has 0 fully saturated rings. The number of nitrogens with zero attached hydrogens (tertiary/aromatic N) is 2. The number of aromatic amines is 1. The number of amides is 1. The minimum Gasteiger partial charge on any atom is -0.292 e. The van der Waals surface area contributed by atoms with E-state index in [2.05, 4.69) is 25.2 Å². The second-order valence-corrected chi connectivity index (χ2v) is 5.70. The van der Waals surface area contributed by atoms with Gasteiger partial charge in [-0.15, -0.1) is 5.10 Å². The Morgan fingerprint density at radius 2 is 2.00 bits per heavy atom. The number of hydrogen-bond acceptors (Lipinski definition) is 5. The highest BCUT2D eigenvalue weighted by Crippen LogP contribution is 2.06. The van der Waals surface area contributed by atoms with E-state index < -0.39 is 22.5 Å². The number of aryl methyl sites for hydroxylation is 1. The van der Waals surface area contributed by atoms with E-state index in [1.165, 1.54) is 12.1 Å². The Balaban J connectivity index is 1.93. The third-order valence-corrected chi connectivity index (χ3v) is 3.74. The summed E-state index contributed by atoms with van der Waals surface area (Å²) in [5.41, 5.74) is 0. The van der Waals surface area contributed by atoms with Crippen molar-refractivity contribution in [3.05, 3.63) is 36.2 Å². The van der Waals surface area contributed by atoms with E-state index in [0.29, 0.717) is 5.82 Å². The van der Waals surface area contributed by atoms with E-state index in [9.17, 15) is 13.2 Å². The molecule has 0 aliphatic carbocycles. The molecule has 1 heterocycles. The first kappa shape index (κ1) is 14.2. The van der Waals surface area contributed by atoms with Crippen molar-refractivity contribution < 1.29 is 13.2 Å². The van der Waals surface area contributed by atoms with Gasteiger partial charge in [-0.2, -0.15) is 4.98 Å². The number of sulfonamides is 1. The standard InChI is InChI=1S/C11H13N5O3S/c1-8-13-11(16-15-8)14-10(17)7-12-20(18,19)9-5-3-2-4-6-9/h2-6,12H,7H2,1H3,(H2,13,14,15,16,17). The Kier molecular flexibility index (Phi) is 4.11. The van der Waals surface area contributed by atoms with Crippen LogP contribution in [0.25, 0.3) is 0 Å². The van der Waals surface area contributed by atoms with E-state index in [-0.39, 0.29) is 10.8 Å². The number of carbonyl (C=O) groups is 1. The molecule has 106 valence electrons. The summed E-state index contributed by atoms with van der Waals surface area (Å²) in [4.78, 5) is 15.5. The van der Waals surface area contributed by atoms with Gasteiger partial charge in [-0.05, 0) is 19.1 Å². The normalized spacial score (nSPS) is 11.2. The van der Waals surface area contributed by atoms with Gasteiger partial charge in [0.2, 0.25) is 21.9 Å². The smallest absolute Gasteiger partial charge is 0.248 e. The Labute approximate surface area is 115 Å². The summed E-state index contributed by atoms with van der Waals surface area (Å²) in [6.45, 7) is 1.28. The highest BCUT2D eigenvalue weighted by atomic mass is 32.2. The second-order valence-electron chi connectivity index (χ2n) is 3.93. The molecule has 0 unspecified atom stereocenters. The zero-order valence-corrected chi connectivity index (χ0v) is 11.4. The number of benzene rings is 1. The highest BCUT2D eigenvalue weighted by Gasteiger charge is 2.15. The lowest BCUT2D eigenvalue weighted by Crippen LogP contribution is -2.33. The fraction of sp³-hybridized carbons (Fsp3) is 0.182. The van der Waals surface area contributed by atoms with Gasteiger partial charge < -0.3 is 0 Å². The van der Waals surface area contributed by atoms with E-state index in [4.69, 9.17) is 0 Å². The highest BCUT2D eigenvalue weighted by molar-refractivity contribution is 7.89. The molecule has 0 saturated carbocycles. The number of hydrogen-bond donors (Lipinski definition) is 3. The van der Waals surface area contributed by atoms with Crippen LogP contribution in [0.4, 0.5) is 5.95 Å². The summed E-state index contributed by atoms with van der Waals surface area (Å²) in [6.07, 6.45) is 0. The average Bonchev–Trinajstić information content (AvgIpc) is 2.83. The van der Waals surface area contributed by atoms with Crippen LogP contribution in [0.3, 0.4) is 0 Å². The zero-order chi connectivity index (χ0) is 14.6. The summed E-state index contributed by atoms with van der Waals surface area (Å²) in [5, 5.41) is 8.64. The van der Waals surface area contributed by atoms with Crippen molar-refractivity contribution >= 4 is 21.9 Å². The molecule has 20 heavy (non-hydrogen) atoms. The lowest BCUT2D eigenvalue weighted by molar-refractivity contribution is -0.115. The lowest BCUT2D eigenvalue weighted by Gasteiger charge is -2.05. The molecule has 0 bridgehead atoms. The van der Waals surface area contributed by atoms with E-state index in [1.807, 2.05) is 0 Å². The Bertz CT molecular complexity index is 696. The number of rotatable bonds is 5. The van der Waals surface area contributed by atoms with Gasteiger partial charge in [0.05, 0.1) is 11.4 Å². The van der Waals surface area contributed by atoms with Crippen molar-refractivity contribution in [1.82, 2.24) is 19.9 Å². The summed E-state index contributed by atoms with van der Waals surface area (Å²) in [5.74, 6) is 0.0973. The second kappa shape index (κ2) is 5.80. The van der Waals surface area contributed by atoms with Crippen molar-refractivity contribution in [2.75, 3.05) is 11.9 Å². The minimum atomic E-state index is -3.70. The minimum absolute atomic E-state index is 0.0986. The molecule has 0 saturated heterocycles. The Hall–Kier alpha value is -2.26. The molecule has 8 nitrogen and oxygen atoms in total. The van der Waals surface area contributed by atoms with Crippen LogP contribution >= 0.6 is 0 Å². The number of aromatic nitrogens is 3. The molecule has 9 heteroatoms. The van der Waals surface area contributed by atoms with Crippen LogP contribution in [0.2, 0.25) is 0 Å². The van der Waals surface area contributed by atoms with Gasteiger partial charge in [0, 0.05) is 0 Å². The number of H-pyrrole nitrogens is 1. The van der Waals surface area contributed by atoms with Gasteiger partial charge >= 0.3 is 0 Å².